The summed E-state index contributed by atoms with van der Waals surface area (Å²) in [6.45, 7) is 1.06. The quantitative estimate of drug-likeness (QED) is 0.830. The van der Waals surface area contributed by atoms with E-state index in [-0.39, 0.29) is 5.91 Å². The van der Waals surface area contributed by atoms with Gasteiger partial charge in [-0.25, -0.2) is 9.97 Å². The summed E-state index contributed by atoms with van der Waals surface area (Å²) in [6.07, 6.45) is 4.11. The first-order chi connectivity index (χ1) is 7.66. The molecule has 2 rings (SSSR count). The molecular weight excluding hydrogens is 274 g/mol. The molecule has 1 fully saturated rings. The van der Waals surface area contributed by atoms with Crippen molar-refractivity contribution in [3.05, 3.63) is 22.7 Å². The molecule has 0 spiro atoms. The Bertz CT molecular complexity index is 382. The van der Waals surface area contributed by atoms with Crippen molar-refractivity contribution in [2.75, 3.05) is 13.1 Å². The molecule has 1 saturated heterocycles. The van der Waals surface area contributed by atoms with Gasteiger partial charge in [-0.2, -0.15) is 0 Å². The summed E-state index contributed by atoms with van der Waals surface area (Å²) < 4.78 is 0.600. The Kier molecular flexibility index (Phi) is 3.50. The standard InChI is InChI=1S/C10H12BrN3O2/c11-9-5-12-8(4-13-9)10(16)14-3-1-2-7(15)6-14/h4-5,7,15H,1-3,6H2. The van der Waals surface area contributed by atoms with Crippen LogP contribution < -0.4 is 0 Å². The average Bonchev–Trinajstić information content (AvgIpc) is 2.29. The lowest BCUT2D eigenvalue weighted by atomic mass is 10.1. The van der Waals surface area contributed by atoms with Gasteiger partial charge in [0, 0.05) is 13.1 Å². The third kappa shape index (κ3) is 2.56. The van der Waals surface area contributed by atoms with Crippen LogP contribution in [-0.2, 0) is 0 Å². The summed E-state index contributed by atoms with van der Waals surface area (Å²) in [4.78, 5) is 21.5. The topological polar surface area (TPSA) is 66.3 Å². The Morgan fingerprint density at radius 2 is 2.31 bits per heavy atom. The van der Waals surface area contributed by atoms with Gasteiger partial charge in [0.05, 0.1) is 18.5 Å². The first-order valence-corrected chi connectivity index (χ1v) is 5.91. The zero-order chi connectivity index (χ0) is 11.5. The highest BCUT2D eigenvalue weighted by atomic mass is 79.9. The molecule has 16 heavy (non-hydrogen) atoms. The van der Waals surface area contributed by atoms with Crippen molar-refractivity contribution in [1.29, 1.82) is 0 Å². The van der Waals surface area contributed by atoms with Gasteiger partial charge in [-0.15, -0.1) is 0 Å². The lowest BCUT2D eigenvalue weighted by molar-refractivity contribution is 0.0468. The highest BCUT2D eigenvalue weighted by molar-refractivity contribution is 9.10. The third-order valence-corrected chi connectivity index (χ3v) is 2.93. The van der Waals surface area contributed by atoms with Crippen molar-refractivity contribution in [2.45, 2.75) is 18.9 Å². The molecule has 86 valence electrons. The minimum Gasteiger partial charge on any atom is -0.391 e. The van der Waals surface area contributed by atoms with Gasteiger partial charge in [-0.3, -0.25) is 4.79 Å². The molecule has 1 N–H and O–H groups in total. The summed E-state index contributed by atoms with van der Waals surface area (Å²) >= 11 is 3.16. The van der Waals surface area contributed by atoms with Crippen molar-refractivity contribution in [3.63, 3.8) is 0 Å². The number of nitrogens with zero attached hydrogens (tertiary/aromatic N) is 3. The van der Waals surface area contributed by atoms with Gasteiger partial charge < -0.3 is 10.0 Å². The van der Waals surface area contributed by atoms with Crippen LogP contribution in [0.1, 0.15) is 23.3 Å². The molecule has 1 aliphatic rings. The zero-order valence-corrected chi connectivity index (χ0v) is 10.2. The molecule has 0 bridgehead atoms. The number of likely N-dealkylation sites (tertiary alicyclic amines) is 1. The van der Waals surface area contributed by atoms with Crippen LogP contribution >= 0.6 is 15.9 Å². The van der Waals surface area contributed by atoms with Crippen LogP contribution in [0.2, 0.25) is 0 Å². The van der Waals surface area contributed by atoms with E-state index < -0.39 is 6.10 Å². The SMILES string of the molecule is O=C(c1cnc(Br)cn1)N1CCCC(O)C1. The van der Waals surface area contributed by atoms with Crippen LogP contribution in [0.3, 0.4) is 0 Å². The van der Waals surface area contributed by atoms with Gasteiger partial charge in [0.25, 0.3) is 5.91 Å². The Balaban J connectivity index is 2.09. The van der Waals surface area contributed by atoms with Crippen LogP contribution in [0.25, 0.3) is 0 Å². The van der Waals surface area contributed by atoms with Crippen molar-refractivity contribution in [3.8, 4) is 0 Å². The minimum atomic E-state index is -0.416. The van der Waals surface area contributed by atoms with E-state index in [2.05, 4.69) is 25.9 Å². The second kappa shape index (κ2) is 4.88. The van der Waals surface area contributed by atoms with Gasteiger partial charge in [0.15, 0.2) is 0 Å². The van der Waals surface area contributed by atoms with Crippen LogP contribution in [-0.4, -0.2) is 45.1 Å². The van der Waals surface area contributed by atoms with E-state index in [9.17, 15) is 9.90 Å². The van der Waals surface area contributed by atoms with Crippen molar-refractivity contribution in [1.82, 2.24) is 14.9 Å². The molecule has 5 nitrogen and oxygen atoms in total. The fourth-order valence-corrected chi connectivity index (χ4v) is 1.93. The second-order valence-corrected chi connectivity index (χ2v) is 4.58. The molecule has 6 heteroatoms. The second-order valence-electron chi connectivity index (χ2n) is 3.77. The molecule has 1 aliphatic heterocycles. The van der Waals surface area contributed by atoms with E-state index in [1.807, 2.05) is 0 Å². The summed E-state index contributed by atoms with van der Waals surface area (Å²) in [6, 6.07) is 0. The van der Waals surface area contributed by atoms with Gasteiger partial charge >= 0.3 is 0 Å². The normalized spacial score (nSPS) is 20.9. The van der Waals surface area contributed by atoms with Gasteiger partial charge in [0.1, 0.15) is 10.3 Å². The molecule has 1 aromatic heterocycles. The van der Waals surface area contributed by atoms with Gasteiger partial charge in [-0.1, -0.05) is 0 Å². The molecule has 1 aromatic rings. The van der Waals surface area contributed by atoms with Crippen LogP contribution in [0.15, 0.2) is 17.0 Å². The number of piperidine rings is 1. The molecule has 1 atom stereocenters. The van der Waals surface area contributed by atoms with Crippen LogP contribution in [0, 0.1) is 0 Å². The largest absolute Gasteiger partial charge is 0.391 e. The van der Waals surface area contributed by atoms with Crippen molar-refractivity contribution < 1.29 is 9.90 Å². The molecule has 0 radical (unpaired) electrons. The average molecular weight is 286 g/mol. The fraction of sp³-hybridized carbons (Fsp3) is 0.500. The number of carbonyl (C=O) groups is 1. The third-order valence-electron chi connectivity index (χ3n) is 2.52. The Morgan fingerprint density at radius 1 is 1.50 bits per heavy atom. The highest BCUT2D eigenvalue weighted by Gasteiger charge is 2.23. The predicted molar refractivity (Wildman–Crippen MR) is 60.9 cm³/mol. The predicted octanol–water partition coefficient (Wildman–Crippen LogP) is 0.836. The summed E-state index contributed by atoms with van der Waals surface area (Å²) in [7, 11) is 0. The molecule has 1 unspecified atom stereocenters. The number of β-amino-alcohol motifs (C(OH)–C–C–N with tert-alkyl or cyclic N) is 1. The highest BCUT2D eigenvalue weighted by Crippen LogP contribution is 2.13. The number of hydrogen-bond donors (Lipinski definition) is 1. The maximum Gasteiger partial charge on any atom is 0.274 e. The number of halogens is 1. The van der Waals surface area contributed by atoms with Gasteiger partial charge in [-0.05, 0) is 28.8 Å². The Labute approximate surface area is 102 Å². The number of rotatable bonds is 1. The molecule has 0 aliphatic carbocycles. The smallest absolute Gasteiger partial charge is 0.274 e. The van der Waals surface area contributed by atoms with Gasteiger partial charge in [0.2, 0.25) is 0 Å². The lowest BCUT2D eigenvalue weighted by Crippen LogP contribution is -2.42. The Morgan fingerprint density at radius 3 is 2.94 bits per heavy atom. The van der Waals surface area contributed by atoms with Crippen LogP contribution in [0.4, 0.5) is 0 Å². The van der Waals surface area contributed by atoms with E-state index >= 15 is 0 Å². The summed E-state index contributed by atoms with van der Waals surface area (Å²) in [5.74, 6) is -0.168. The fourth-order valence-electron chi connectivity index (χ4n) is 1.72. The van der Waals surface area contributed by atoms with E-state index in [1.165, 1.54) is 12.4 Å². The maximum absolute atomic E-state index is 12.0. The van der Waals surface area contributed by atoms with Crippen LogP contribution in [0.5, 0.6) is 0 Å². The number of aliphatic hydroxyl groups excluding tert-OH is 1. The Hall–Kier alpha value is -1.01. The first-order valence-electron chi connectivity index (χ1n) is 5.11. The molecule has 1 amide bonds. The number of aliphatic hydroxyl groups is 1. The number of aromatic nitrogens is 2. The van der Waals surface area contributed by atoms with E-state index in [1.54, 1.807) is 4.90 Å². The summed E-state index contributed by atoms with van der Waals surface area (Å²) in [5, 5.41) is 9.48. The zero-order valence-electron chi connectivity index (χ0n) is 8.64. The molecule has 2 heterocycles. The lowest BCUT2D eigenvalue weighted by Gasteiger charge is -2.29. The van der Waals surface area contributed by atoms with E-state index in [4.69, 9.17) is 0 Å². The molecule has 0 saturated carbocycles. The monoisotopic (exact) mass is 285 g/mol. The number of carbonyl (C=O) groups excluding carboxylic acids is 1. The maximum atomic E-state index is 12.0. The van der Waals surface area contributed by atoms with E-state index in [0.29, 0.717) is 23.4 Å². The first kappa shape index (κ1) is 11.5. The minimum absolute atomic E-state index is 0.168. The van der Waals surface area contributed by atoms with E-state index in [0.717, 1.165) is 12.8 Å². The summed E-state index contributed by atoms with van der Waals surface area (Å²) in [5.41, 5.74) is 0.317. The molecular formula is C10H12BrN3O2. The molecule has 0 aromatic carbocycles. The number of hydrogen-bond acceptors (Lipinski definition) is 4. The number of amides is 1. The van der Waals surface area contributed by atoms with Crippen molar-refractivity contribution >= 4 is 21.8 Å². The van der Waals surface area contributed by atoms with Crippen molar-refractivity contribution in [2.24, 2.45) is 0 Å².